The predicted molar refractivity (Wildman–Crippen MR) is 190 cm³/mol. The van der Waals surface area contributed by atoms with E-state index in [0.29, 0.717) is 37.7 Å². The Morgan fingerprint density at radius 2 is 1.76 bits per heavy atom. The number of benzene rings is 3. The number of carbonyl (C=O) groups is 1. The average molecular weight is 712 g/mol. The zero-order valence-electron chi connectivity index (χ0n) is 29.5. The minimum atomic E-state index is -3.98. The van der Waals surface area contributed by atoms with Crippen LogP contribution in [0.5, 0.6) is 23.0 Å². The highest BCUT2D eigenvalue weighted by Gasteiger charge is 2.31. The summed E-state index contributed by atoms with van der Waals surface area (Å²) in [5, 5.41) is 10.3. The number of ether oxygens (including phenoxy) is 5. The molecule has 1 amide bonds. The summed E-state index contributed by atoms with van der Waals surface area (Å²) in [6.07, 6.45) is 2.03. The van der Waals surface area contributed by atoms with E-state index in [4.69, 9.17) is 23.7 Å². The van der Waals surface area contributed by atoms with Crippen LogP contribution in [-0.4, -0.2) is 94.7 Å². The van der Waals surface area contributed by atoms with Crippen molar-refractivity contribution < 1.29 is 42.0 Å². The smallest absolute Gasteiger partial charge is 0.261 e. The summed E-state index contributed by atoms with van der Waals surface area (Å²) in [6.45, 7) is 7.88. The third kappa shape index (κ3) is 9.39. The van der Waals surface area contributed by atoms with Gasteiger partial charge in [-0.3, -0.25) is 14.4 Å². The van der Waals surface area contributed by atoms with Gasteiger partial charge in [0.1, 0.15) is 11.5 Å². The van der Waals surface area contributed by atoms with Gasteiger partial charge in [0.2, 0.25) is 6.79 Å². The summed E-state index contributed by atoms with van der Waals surface area (Å²) in [7, 11) is -0.432. The molecule has 12 nitrogen and oxygen atoms in total. The van der Waals surface area contributed by atoms with Crippen LogP contribution in [0.4, 0.5) is 5.69 Å². The molecule has 5 rings (SSSR count). The lowest BCUT2D eigenvalue weighted by atomic mass is 10.0. The summed E-state index contributed by atoms with van der Waals surface area (Å²) >= 11 is 0. The molecule has 272 valence electrons. The normalized spacial score (nSPS) is 20.8. The molecule has 0 radical (unpaired) electrons. The first-order valence-corrected chi connectivity index (χ1v) is 18.5. The maximum atomic E-state index is 14.5. The van der Waals surface area contributed by atoms with E-state index in [2.05, 4.69) is 9.62 Å². The summed E-state index contributed by atoms with van der Waals surface area (Å²) in [4.78, 5) is 18.3. The lowest BCUT2D eigenvalue weighted by Gasteiger charge is -2.36. The molecule has 4 atom stereocenters. The Hall–Kier alpha value is -4.04. The summed E-state index contributed by atoms with van der Waals surface area (Å²) in [6, 6.07) is 16.2. The maximum absolute atomic E-state index is 14.5. The van der Waals surface area contributed by atoms with Crippen LogP contribution in [0.1, 0.15) is 56.0 Å². The van der Waals surface area contributed by atoms with Crippen LogP contribution in [0.25, 0.3) is 0 Å². The predicted octanol–water partition coefficient (Wildman–Crippen LogP) is 5.15. The fraction of sp³-hybridized carbons (Fsp3) is 0.486. The van der Waals surface area contributed by atoms with Crippen LogP contribution in [0, 0.1) is 5.92 Å². The van der Waals surface area contributed by atoms with Gasteiger partial charge >= 0.3 is 0 Å². The van der Waals surface area contributed by atoms with Crippen LogP contribution in [0.15, 0.2) is 65.6 Å². The van der Waals surface area contributed by atoms with Crippen LogP contribution >= 0.6 is 0 Å². The van der Waals surface area contributed by atoms with Crippen molar-refractivity contribution in [1.82, 2.24) is 9.80 Å². The van der Waals surface area contributed by atoms with Crippen LogP contribution in [-0.2, 0) is 21.3 Å². The van der Waals surface area contributed by atoms with E-state index in [1.807, 2.05) is 39.1 Å². The zero-order chi connectivity index (χ0) is 35.8. The molecule has 3 aromatic carbocycles. The number of methoxy groups -OCH3 is 1. The number of rotatable bonds is 10. The molecule has 50 heavy (non-hydrogen) atoms. The Balaban J connectivity index is 1.40. The number of hydrogen-bond acceptors (Lipinski definition) is 10. The second-order valence-electron chi connectivity index (χ2n) is 13.2. The van der Waals surface area contributed by atoms with Gasteiger partial charge < -0.3 is 33.7 Å². The fourth-order valence-corrected chi connectivity index (χ4v) is 7.19. The van der Waals surface area contributed by atoms with E-state index < -0.39 is 16.1 Å². The molecule has 2 N–H and O–H groups in total. The first-order chi connectivity index (χ1) is 24.0. The molecule has 2 aliphatic heterocycles. The monoisotopic (exact) mass is 711 g/mol. The van der Waals surface area contributed by atoms with Gasteiger partial charge in [0.15, 0.2) is 11.5 Å². The molecule has 2 aliphatic rings. The molecule has 0 unspecified atom stereocenters. The number of nitrogens with one attached hydrogen (secondary N) is 1. The Morgan fingerprint density at radius 1 is 1.02 bits per heavy atom. The Bertz CT molecular complexity index is 1700. The second kappa shape index (κ2) is 16.8. The van der Waals surface area contributed by atoms with Gasteiger partial charge in [-0.15, -0.1) is 0 Å². The minimum absolute atomic E-state index is 0.0495. The largest absolute Gasteiger partial charge is 0.497 e. The van der Waals surface area contributed by atoms with Crippen molar-refractivity contribution in [3.8, 4) is 23.0 Å². The van der Waals surface area contributed by atoms with Crippen molar-refractivity contribution in [3.63, 3.8) is 0 Å². The number of aliphatic hydroxyl groups is 1. The minimum Gasteiger partial charge on any atom is -0.497 e. The van der Waals surface area contributed by atoms with E-state index in [1.165, 1.54) is 25.3 Å². The van der Waals surface area contributed by atoms with Crippen molar-refractivity contribution in [2.75, 3.05) is 52.0 Å². The highest BCUT2D eigenvalue weighted by atomic mass is 32.2. The van der Waals surface area contributed by atoms with Gasteiger partial charge in [0.25, 0.3) is 15.9 Å². The number of nitrogens with zero attached hydrogens (tertiary/aromatic N) is 2. The first-order valence-electron chi connectivity index (χ1n) is 17.1. The van der Waals surface area contributed by atoms with Gasteiger partial charge in [0, 0.05) is 37.8 Å². The van der Waals surface area contributed by atoms with Crippen LogP contribution in [0.3, 0.4) is 0 Å². The molecular formula is C37H49N3O9S. The number of fused-ring (bicyclic) bond motifs is 2. The van der Waals surface area contributed by atoms with Crippen molar-refractivity contribution >= 4 is 21.6 Å². The van der Waals surface area contributed by atoms with E-state index in [9.17, 15) is 18.3 Å². The highest BCUT2D eigenvalue weighted by Crippen LogP contribution is 2.33. The Morgan fingerprint density at radius 3 is 2.50 bits per heavy atom. The third-order valence-corrected chi connectivity index (χ3v) is 10.5. The van der Waals surface area contributed by atoms with Crippen LogP contribution in [0.2, 0.25) is 0 Å². The SMILES string of the molecule is COc1ccc(S(=O)(=O)Nc2ccc3c(c2)C(=O)N([C@@H](C)CO)C[C@H](C)[C@@H](CN(C)Cc2ccc4c(c2)OCO4)OCCCC[C@H](C)O3)cc1. The van der Waals surface area contributed by atoms with Gasteiger partial charge in [-0.05, 0) is 100 Å². The third-order valence-electron chi connectivity index (χ3n) is 9.05. The second-order valence-corrected chi connectivity index (χ2v) is 14.9. The molecule has 0 fully saturated rings. The van der Waals surface area contributed by atoms with Crippen molar-refractivity contribution in [1.29, 1.82) is 0 Å². The number of hydrogen-bond donors (Lipinski definition) is 2. The van der Waals surface area contributed by atoms with Crippen molar-refractivity contribution in [2.24, 2.45) is 5.92 Å². The molecule has 0 aromatic heterocycles. The molecule has 0 spiro atoms. The lowest BCUT2D eigenvalue weighted by molar-refractivity contribution is -0.0177. The summed E-state index contributed by atoms with van der Waals surface area (Å²) in [5.74, 6) is 1.87. The molecule has 0 bridgehead atoms. The van der Waals surface area contributed by atoms with Gasteiger partial charge in [-0.2, -0.15) is 0 Å². The van der Waals surface area contributed by atoms with Gasteiger partial charge in [-0.1, -0.05) is 13.0 Å². The van der Waals surface area contributed by atoms with E-state index >= 15 is 0 Å². The Labute approximate surface area is 295 Å². The zero-order valence-corrected chi connectivity index (χ0v) is 30.3. The first kappa shape index (κ1) is 37.2. The number of carbonyl (C=O) groups excluding carboxylic acids is 1. The van der Waals surface area contributed by atoms with E-state index in [-0.39, 0.29) is 53.6 Å². The molecule has 0 saturated heterocycles. The molecular weight excluding hydrogens is 662 g/mol. The fourth-order valence-electron chi connectivity index (χ4n) is 6.14. The van der Waals surface area contributed by atoms with E-state index in [1.54, 1.807) is 36.1 Å². The topological polar surface area (TPSA) is 136 Å². The number of sulfonamides is 1. The number of likely N-dealkylation sites (N-methyl/N-ethyl adjacent to an activating group) is 1. The standard InChI is InChI=1S/C37H49N3O9S/c1-25-20-40(26(2)23-41)37(42)32-19-29(38-50(43,44)31-13-11-30(45-5)12-14-31)10-16-33(32)49-27(3)8-6-7-17-46-36(25)22-39(4)21-28-9-15-34-35(18-28)48-24-47-34/h9-16,18-19,25-27,36,38,41H,6-8,17,20-24H2,1-5H3/t25-,26-,27-,36+/m0/s1. The lowest BCUT2D eigenvalue weighted by Crippen LogP contribution is -2.47. The number of amides is 1. The van der Waals surface area contributed by atoms with Crippen LogP contribution < -0.4 is 23.7 Å². The van der Waals surface area contributed by atoms with Gasteiger partial charge in [0.05, 0.1) is 42.4 Å². The molecule has 0 aliphatic carbocycles. The Kier molecular flexibility index (Phi) is 12.5. The average Bonchev–Trinajstić information content (AvgIpc) is 3.57. The van der Waals surface area contributed by atoms with Crippen molar-refractivity contribution in [2.45, 2.75) is 69.7 Å². The van der Waals surface area contributed by atoms with E-state index in [0.717, 1.165) is 36.3 Å². The molecule has 0 saturated carbocycles. The van der Waals surface area contributed by atoms with Crippen molar-refractivity contribution in [3.05, 3.63) is 71.8 Å². The molecule has 13 heteroatoms. The quantitative estimate of drug-likeness (QED) is 0.291. The summed E-state index contributed by atoms with van der Waals surface area (Å²) < 4.78 is 58.2. The highest BCUT2D eigenvalue weighted by molar-refractivity contribution is 7.92. The number of aliphatic hydroxyl groups excluding tert-OH is 1. The molecule has 3 aromatic rings. The summed E-state index contributed by atoms with van der Waals surface area (Å²) in [5.41, 5.74) is 1.50. The van der Waals surface area contributed by atoms with Gasteiger partial charge in [-0.25, -0.2) is 8.42 Å². The maximum Gasteiger partial charge on any atom is 0.261 e. The number of anilines is 1. The molecule has 2 heterocycles.